The van der Waals surface area contributed by atoms with Crippen molar-refractivity contribution in [3.63, 3.8) is 0 Å². The predicted octanol–water partition coefficient (Wildman–Crippen LogP) is 3.67. The first kappa shape index (κ1) is 31.4. The summed E-state index contributed by atoms with van der Waals surface area (Å²) in [6.07, 6.45) is -0.557. The van der Waals surface area contributed by atoms with Crippen LogP contribution in [0.2, 0.25) is 0 Å². The van der Waals surface area contributed by atoms with Gasteiger partial charge < -0.3 is 0 Å². The first-order valence-electron chi connectivity index (χ1n) is 15.0. The number of hydrogen-bond acceptors (Lipinski definition) is 10. The van der Waals surface area contributed by atoms with Crippen molar-refractivity contribution < 1.29 is 39.0 Å². The second-order valence-electron chi connectivity index (χ2n) is 10.00. The Morgan fingerprint density at radius 3 is 1.57 bits per heavy atom. The van der Waals surface area contributed by atoms with Crippen molar-refractivity contribution in [1.29, 1.82) is 0 Å². The van der Waals surface area contributed by atoms with E-state index in [1.165, 1.54) is 19.1 Å². The lowest BCUT2D eigenvalue weighted by molar-refractivity contribution is -0.385. The summed E-state index contributed by atoms with van der Waals surface area (Å²) in [7, 11) is -8.93. The van der Waals surface area contributed by atoms with Gasteiger partial charge in [0.2, 0.25) is 20.0 Å². The van der Waals surface area contributed by atoms with Crippen LogP contribution in [0.1, 0.15) is 49.6 Å². The standard InChI is InChI=1S/C29H31N5O10S2/c1-2-30(45(41,42)24-14-10-22(11-15-24)33(37)38)19-7-20-31(46(43,44)25-16-12-23(13-17-25)34(39)40)18-5-6-21-32-28(35)26-8-3-4-9-27(26)29(32)36/h3-4,8-17H,2,5-7,18-21H2,1H3/i20D2. The number of sulfonamides is 2. The number of nitro benzene ring substituents is 2. The maximum atomic E-state index is 13.8. The van der Waals surface area contributed by atoms with Crippen molar-refractivity contribution in [2.24, 2.45) is 0 Å². The molecule has 0 spiro atoms. The zero-order valence-electron chi connectivity index (χ0n) is 26.5. The van der Waals surface area contributed by atoms with Gasteiger partial charge in [-0.15, -0.1) is 0 Å². The lowest BCUT2D eigenvalue weighted by atomic mass is 10.1. The highest BCUT2D eigenvalue weighted by Gasteiger charge is 2.35. The molecule has 0 fully saturated rings. The van der Waals surface area contributed by atoms with Crippen molar-refractivity contribution in [3.05, 3.63) is 104 Å². The molecule has 0 bridgehead atoms. The molecule has 46 heavy (non-hydrogen) atoms. The quantitative estimate of drug-likeness (QED) is 0.0934. The summed E-state index contributed by atoms with van der Waals surface area (Å²) in [5.41, 5.74) is -0.237. The molecule has 0 radical (unpaired) electrons. The van der Waals surface area contributed by atoms with Crippen LogP contribution in [0.4, 0.5) is 11.4 Å². The molecule has 2 amide bonds. The number of fused-ring (bicyclic) bond motifs is 1. The van der Waals surface area contributed by atoms with E-state index in [2.05, 4.69) is 0 Å². The summed E-state index contributed by atoms with van der Waals surface area (Å²) in [5, 5.41) is 22.1. The number of hydrogen-bond donors (Lipinski definition) is 0. The van der Waals surface area contributed by atoms with E-state index in [1.807, 2.05) is 0 Å². The summed E-state index contributed by atoms with van der Waals surface area (Å²) in [4.78, 5) is 46.4. The molecule has 1 aliphatic rings. The van der Waals surface area contributed by atoms with Gasteiger partial charge in [-0.3, -0.25) is 34.7 Å². The predicted molar refractivity (Wildman–Crippen MR) is 165 cm³/mol. The van der Waals surface area contributed by atoms with Crippen LogP contribution in [0.3, 0.4) is 0 Å². The number of nitrogens with zero attached hydrogens (tertiary/aromatic N) is 5. The first-order chi connectivity index (χ1) is 22.5. The Balaban J connectivity index is 1.54. The molecule has 244 valence electrons. The van der Waals surface area contributed by atoms with Gasteiger partial charge in [0.15, 0.2) is 0 Å². The molecule has 0 unspecified atom stereocenters. The van der Waals surface area contributed by atoms with E-state index < -0.39 is 72.6 Å². The van der Waals surface area contributed by atoms with Gasteiger partial charge in [-0.2, -0.15) is 8.61 Å². The van der Waals surface area contributed by atoms with E-state index in [0.717, 1.165) is 57.7 Å². The number of rotatable bonds is 16. The summed E-state index contributed by atoms with van der Waals surface area (Å²) < 4.78 is 73.2. The van der Waals surface area contributed by atoms with Crippen LogP contribution in [0.25, 0.3) is 0 Å². The van der Waals surface area contributed by atoms with Crippen LogP contribution >= 0.6 is 0 Å². The molecular formula is C29H31N5O10S2. The van der Waals surface area contributed by atoms with Gasteiger partial charge in [0.05, 0.1) is 30.8 Å². The highest BCUT2D eigenvalue weighted by Crippen LogP contribution is 2.25. The third-order valence-electron chi connectivity index (χ3n) is 7.19. The van der Waals surface area contributed by atoms with Crippen LogP contribution in [0.15, 0.2) is 82.6 Å². The lowest BCUT2D eigenvalue weighted by Crippen LogP contribution is -2.37. The second-order valence-corrected chi connectivity index (χ2v) is 13.8. The molecule has 0 saturated heterocycles. The third-order valence-corrected chi connectivity index (χ3v) is 10.9. The molecular weight excluding hydrogens is 642 g/mol. The largest absolute Gasteiger partial charge is 0.274 e. The molecule has 0 atom stereocenters. The number of carbonyl (C=O) groups excluding carboxylic acids is 2. The fourth-order valence-electron chi connectivity index (χ4n) is 4.76. The zero-order chi connectivity index (χ0) is 35.4. The maximum absolute atomic E-state index is 13.8. The average molecular weight is 676 g/mol. The van der Waals surface area contributed by atoms with Crippen molar-refractivity contribution in [2.75, 3.05) is 32.7 Å². The van der Waals surface area contributed by atoms with E-state index in [4.69, 9.17) is 2.74 Å². The first-order valence-corrected chi connectivity index (χ1v) is 16.9. The molecule has 17 heteroatoms. The number of unbranched alkanes of at least 4 members (excludes halogenated alkanes) is 1. The molecule has 0 aromatic heterocycles. The minimum atomic E-state index is -4.66. The SMILES string of the molecule is [2H]C([2H])(CCN(CC)S(=O)(=O)c1ccc([N+](=O)[O-])cc1)N(CCCCN1C(=O)c2ccccc2C1=O)S(=O)(=O)c1ccc([N+](=O)[O-])cc1. The van der Waals surface area contributed by atoms with Gasteiger partial charge in [0.25, 0.3) is 23.2 Å². The Kier molecular flexibility index (Phi) is 9.72. The van der Waals surface area contributed by atoms with Gasteiger partial charge in [-0.1, -0.05) is 19.1 Å². The fourth-order valence-corrected chi connectivity index (χ4v) is 7.57. The molecule has 1 aliphatic heterocycles. The van der Waals surface area contributed by atoms with Crippen LogP contribution in [-0.4, -0.2) is 84.7 Å². The Morgan fingerprint density at radius 2 is 1.13 bits per heavy atom. The zero-order valence-corrected chi connectivity index (χ0v) is 26.1. The van der Waals surface area contributed by atoms with Gasteiger partial charge in [-0.05, 0) is 55.7 Å². The van der Waals surface area contributed by atoms with E-state index >= 15 is 0 Å². The summed E-state index contributed by atoms with van der Waals surface area (Å²) in [6, 6.07) is 14.2. The number of non-ortho nitro benzene ring substituents is 2. The van der Waals surface area contributed by atoms with Crippen LogP contribution in [0.5, 0.6) is 0 Å². The molecule has 1 heterocycles. The smallest absolute Gasteiger partial charge is 0.269 e. The van der Waals surface area contributed by atoms with Crippen LogP contribution in [0, 0.1) is 20.2 Å². The Morgan fingerprint density at radius 1 is 0.696 bits per heavy atom. The number of carbonyl (C=O) groups is 2. The van der Waals surface area contributed by atoms with E-state index in [1.54, 1.807) is 12.1 Å². The molecule has 3 aromatic rings. The number of imide groups is 1. The fraction of sp³-hybridized carbons (Fsp3) is 0.310. The maximum Gasteiger partial charge on any atom is 0.269 e. The van der Waals surface area contributed by atoms with E-state index in [0.29, 0.717) is 4.31 Å². The normalized spacial score (nSPS) is 14.4. The highest BCUT2D eigenvalue weighted by atomic mass is 32.2. The minimum absolute atomic E-state index is 0.0162. The summed E-state index contributed by atoms with van der Waals surface area (Å²) in [5.74, 6) is -1.01. The monoisotopic (exact) mass is 675 g/mol. The number of nitro groups is 2. The molecule has 0 N–H and O–H groups in total. The Bertz CT molecular complexity index is 1910. The van der Waals surface area contributed by atoms with Gasteiger partial charge in [0.1, 0.15) is 0 Å². The second kappa shape index (κ2) is 14.2. The number of amides is 2. The molecule has 0 saturated carbocycles. The minimum Gasteiger partial charge on any atom is -0.274 e. The molecule has 15 nitrogen and oxygen atoms in total. The van der Waals surface area contributed by atoms with E-state index in [9.17, 15) is 46.7 Å². The average Bonchev–Trinajstić information content (AvgIpc) is 3.29. The van der Waals surface area contributed by atoms with E-state index in [-0.39, 0.29) is 53.3 Å². The van der Waals surface area contributed by atoms with Gasteiger partial charge in [0, 0.05) is 59.7 Å². The van der Waals surface area contributed by atoms with Crippen LogP contribution < -0.4 is 0 Å². The molecule has 4 rings (SSSR count). The van der Waals surface area contributed by atoms with Crippen LogP contribution in [-0.2, 0) is 20.0 Å². The lowest BCUT2D eigenvalue weighted by Gasteiger charge is -2.25. The van der Waals surface area contributed by atoms with Crippen molar-refractivity contribution in [2.45, 2.75) is 36.0 Å². The topological polar surface area (TPSA) is 198 Å². The number of benzene rings is 3. The van der Waals surface area contributed by atoms with Crippen molar-refractivity contribution in [1.82, 2.24) is 13.5 Å². The van der Waals surface area contributed by atoms with Gasteiger partial charge in [-0.25, -0.2) is 16.8 Å². The Labute approximate surface area is 268 Å². The highest BCUT2D eigenvalue weighted by molar-refractivity contribution is 7.89. The third kappa shape index (κ3) is 7.28. The van der Waals surface area contributed by atoms with Crippen molar-refractivity contribution in [3.8, 4) is 0 Å². The Hall–Kier alpha value is -4.58. The van der Waals surface area contributed by atoms with Gasteiger partial charge >= 0.3 is 0 Å². The molecule has 3 aromatic carbocycles. The summed E-state index contributed by atoms with van der Waals surface area (Å²) in [6.45, 7) is -2.35. The van der Waals surface area contributed by atoms with Crippen molar-refractivity contribution >= 4 is 43.2 Å². The molecule has 0 aliphatic carbocycles. The summed E-state index contributed by atoms with van der Waals surface area (Å²) >= 11 is 0.